The smallest absolute Gasteiger partial charge is 0.342 e. The summed E-state index contributed by atoms with van der Waals surface area (Å²) in [6.07, 6.45) is 1.43. The highest BCUT2D eigenvalue weighted by molar-refractivity contribution is 7.89. The third-order valence-electron chi connectivity index (χ3n) is 4.77. The van der Waals surface area contributed by atoms with Crippen molar-refractivity contribution in [1.29, 1.82) is 0 Å². The van der Waals surface area contributed by atoms with Gasteiger partial charge in [0.1, 0.15) is 27.5 Å². The second-order valence-corrected chi connectivity index (χ2v) is 8.39. The molecular formula is C18H21N3O7S. The molecule has 0 aromatic carbocycles. The van der Waals surface area contributed by atoms with Gasteiger partial charge in [-0.3, -0.25) is 9.59 Å². The molecule has 1 N–H and O–H groups in total. The first-order valence-corrected chi connectivity index (χ1v) is 10.3. The van der Waals surface area contributed by atoms with Crippen molar-refractivity contribution in [2.24, 2.45) is 0 Å². The van der Waals surface area contributed by atoms with E-state index in [0.29, 0.717) is 0 Å². The van der Waals surface area contributed by atoms with E-state index in [2.05, 4.69) is 4.98 Å². The van der Waals surface area contributed by atoms with Crippen molar-refractivity contribution in [3.05, 3.63) is 51.3 Å². The second-order valence-electron chi connectivity index (χ2n) is 6.52. The van der Waals surface area contributed by atoms with Crippen molar-refractivity contribution in [1.82, 2.24) is 14.2 Å². The number of H-pyrrole nitrogens is 1. The van der Waals surface area contributed by atoms with Crippen LogP contribution in [-0.4, -0.2) is 67.8 Å². The topological polar surface area (TPSA) is 130 Å². The minimum atomic E-state index is -4.05. The van der Waals surface area contributed by atoms with Gasteiger partial charge in [0.25, 0.3) is 11.5 Å². The van der Waals surface area contributed by atoms with Crippen LogP contribution in [0.25, 0.3) is 0 Å². The van der Waals surface area contributed by atoms with Crippen LogP contribution in [0.5, 0.6) is 0 Å². The van der Waals surface area contributed by atoms with Crippen molar-refractivity contribution in [3.63, 3.8) is 0 Å². The minimum absolute atomic E-state index is 0.00177. The van der Waals surface area contributed by atoms with E-state index in [-0.39, 0.29) is 53.7 Å². The first-order valence-electron chi connectivity index (χ1n) is 8.84. The molecule has 0 saturated carbocycles. The van der Waals surface area contributed by atoms with E-state index in [0.717, 1.165) is 7.11 Å². The van der Waals surface area contributed by atoms with E-state index in [1.165, 1.54) is 35.3 Å². The lowest BCUT2D eigenvalue weighted by atomic mass is 10.2. The Hall–Kier alpha value is -2.92. The Morgan fingerprint density at radius 2 is 1.79 bits per heavy atom. The van der Waals surface area contributed by atoms with Crippen LogP contribution in [-0.2, 0) is 14.8 Å². The molecule has 156 valence electrons. The van der Waals surface area contributed by atoms with Gasteiger partial charge in [-0.2, -0.15) is 4.31 Å². The molecule has 11 heteroatoms. The number of rotatable bonds is 4. The number of pyridine rings is 1. The lowest BCUT2D eigenvalue weighted by molar-refractivity contribution is 0.0594. The Bertz CT molecular complexity index is 1110. The molecule has 0 unspecified atom stereocenters. The fourth-order valence-corrected chi connectivity index (χ4v) is 5.13. The molecule has 2 aromatic heterocycles. The Labute approximate surface area is 167 Å². The van der Waals surface area contributed by atoms with Gasteiger partial charge >= 0.3 is 5.97 Å². The number of hydrogen-bond acceptors (Lipinski definition) is 7. The molecule has 0 radical (unpaired) electrons. The number of carbonyl (C=O) groups excluding carboxylic acids is 2. The van der Waals surface area contributed by atoms with E-state index in [1.54, 1.807) is 6.07 Å². The molecule has 0 bridgehead atoms. The molecule has 1 fully saturated rings. The van der Waals surface area contributed by atoms with Gasteiger partial charge in [-0.1, -0.05) is 0 Å². The number of methoxy groups -OCH3 is 1. The lowest BCUT2D eigenvalue weighted by Crippen LogP contribution is -2.51. The van der Waals surface area contributed by atoms with Crippen molar-refractivity contribution >= 4 is 21.9 Å². The number of ether oxygens (including phenoxy) is 1. The van der Waals surface area contributed by atoms with Gasteiger partial charge in [-0.25, -0.2) is 13.2 Å². The van der Waals surface area contributed by atoms with Crippen LogP contribution in [0.15, 0.2) is 32.4 Å². The van der Waals surface area contributed by atoms with Crippen LogP contribution in [0.1, 0.15) is 32.2 Å². The predicted molar refractivity (Wildman–Crippen MR) is 101 cm³/mol. The molecule has 29 heavy (non-hydrogen) atoms. The standard InChI is InChI=1S/C18H21N3O7S/c1-11-14(18(24)27-3)15(12(2)28-11)29(25,26)21-9-7-20(8-10-21)17(23)13-5-4-6-19-16(13)22/h4-6H,7-10H2,1-3H3,(H,19,22). The van der Waals surface area contributed by atoms with E-state index in [9.17, 15) is 22.8 Å². The number of furan rings is 1. The van der Waals surface area contributed by atoms with Gasteiger partial charge in [0.2, 0.25) is 10.0 Å². The highest BCUT2D eigenvalue weighted by atomic mass is 32.2. The normalized spacial score (nSPS) is 15.3. The first-order chi connectivity index (χ1) is 13.7. The summed E-state index contributed by atoms with van der Waals surface area (Å²) >= 11 is 0. The Morgan fingerprint density at radius 3 is 2.38 bits per heavy atom. The van der Waals surface area contributed by atoms with Crippen molar-refractivity contribution < 1.29 is 27.2 Å². The third-order valence-corrected chi connectivity index (χ3v) is 6.82. The summed E-state index contributed by atoms with van der Waals surface area (Å²) in [5.41, 5.74) is -0.628. The van der Waals surface area contributed by atoms with Gasteiger partial charge in [0, 0.05) is 32.4 Å². The number of aryl methyl sites for hydroxylation is 2. The van der Waals surface area contributed by atoms with E-state index in [1.807, 2.05) is 0 Å². The number of esters is 1. The molecule has 0 atom stereocenters. The average molecular weight is 423 g/mol. The summed E-state index contributed by atoms with van der Waals surface area (Å²) in [7, 11) is -2.88. The monoisotopic (exact) mass is 423 g/mol. The zero-order valence-corrected chi connectivity index (χ0v) is 17.0. The summed E-state index contributed by atoms with van der Waals surface area (Å²) in [5, 5.41) is 0. The maximum atomic E-state index is 13.2. The van der Waals surface area contributed by atoms with Crippen molar-refractivity contribution in [2.45, 2.75) is 18.7 Å². The van der Waals surface area contributed by atoms with E-state index in [4.69, 9.17) is 9.15 Å². The van der Waals surface area contributed by atoms with Crippen molar-refractivity contribution in [2.75, 3.05) is 33.3 Å². The van der Waals surface area contributed by atoms with E-state index < -0.39 is 27.5 Å². The average Bonchev–Trinajstić information content (AvgIpc) is 3.01. The second kappa shape index (κ2) is 7.84. The molecule has 1 saturated heterocycles. The number of aromatic amines is 1. The molecule has 1 aliphatic heterocycles. The predicted octanol–water partition coefficient (Wildman–Crippen LogP) is 0.518. The fourth-order valence-electron chi connectivity index (χ4n) is 3.33. The molecule has 10 nitrogen and oxygen atoms in total. The number of aromatic nitrogens is 1. The molecule has 0 aliphatic carbocycles. The zero-order valence-electron chi connectivity index (χ0n) is 16.2. The lowest BCUT2D eigenvalue weighted by Gasteiger charge is -2.33. The molecule has 2 aromatic rings. The van der Waals surface area contributed by atoms with Crippen LogP contribution in [0.2, 0.25) is 0 Å². The summed E-state index contributed by atoms with van der Waals surface area (Å²) < 4.78 is 37.6. The number of nitrogens with zero attached hydrogens (tertiary/aromatic N) is 2. The van der Waals surface area contributed by atoms with E-state index >= 15 is 0 Å². The quantitative estimate of drug-likeness (QED) is 0.710. The largest absolute Gasteiger partial charge is 0.465 e. The van der Waals surface area contributed by atoms with Crippen LogP contribution in [0.3, 0.4) is 0 Å². The third kappa shape index (κ3) is 3.70. The number of sulfonamides is 1. The summed E-state index contributed by atoms with van der Waals surface area (Å²) in [4.78, 5) is 40.1. The number of nitrogens with one attached hydrogen (secondary N) is 1. The minimum Gasteiger partial charge on any atom is -0.465 e. The van der Waals surface area contributed by atoms with Gasteiger partial charge in [-0.05, 0) is 26.0 Å². The molecule has 0 spiro atoms. The maximum absolute atomic E-state index is 13.2. The zero-order chi connectivity index (χ0) is 21.3. The number of hydrogen-bond donors (Lipinski definition) is 1. The van der Waals surface area contributed by atoms with Crippen LogP contribution in [0, 0.1) is 13.8 Å². The molecule has 3 rings (SSSR count). The number of amides is 1. The number of carbonyl (C=O) groups is 2. The Balaban J connectivity index is 1.83. The van der Waals surface area contributed by atoms with Gasteiger partial charge < -0.3 is 19.0 Å². The molecule has 1 aliphatic rings. The summed E-state index contributed by atoms with van der Waals surface area (Å²) in [6, 6.07) is 2.97. The molecular weight excluding hydrogens is 402 g/mol. The van der Waals surface area contributed by atoms with Crippen LogP contribution < -0.4 is 5.56 Å². The molecule has 3 heterocycles. The maximum Gasteiger partial charge on any atom is 0.342 e. The Kier molecular flexibility index (Phi) is 5.62. The van der Waals surface area contributed by atoms with Gasteiger partial charge in [-0.15, -0.1) is 0 Å². The van der Waals surface area contributed by atoms with Crippen LogP contribution >= 0.6 is 0 Å². The van der Waals surface area contributed by atoms with Gasteiger partial charge in [0.05, 0.1) is 7.11 Å². The number of piperazine rings is 1. The highest BCUT2D eigenvalue weighted by Gasteiger charge is 2.37. The summed E-state index contributed by atoms with van der Waals surface area (Å²) in [6.45, 7) is 3.21. The SMILES string of the molecule is COC(=O)c1c(C)oc(C)c1S(=O)(=O)N1CCN(C(=O)c2ccc[nH]c2=O)CC1. The highest BCUT2D eigenvalue weighted by Crippen LogP contribution is 2.30. The van der Waals surface area contributed by atoms with Crippen molar-refractivity contribution in [3.8, 4) is 0 Å². The first kappa shape index (κ1) is 20.8. The van der Waals surface area contributed by atoms with Crippen LogP contribution in [0.4, 0.5) is 0 Å². The Morgan fingerprint density at radius 1 is 1.14 bits per heavy atom. The summed E-state index contributed by atoms with van der Waals surface area (Å²) in [5.74, 6) is -1.01. The molecule has 1 amide bonds. The van der Waals surface area contributed by atoms with Gasteiger partial charge in [0.15, 0.2) is 0 Å². The fraction of sp³-hybridized carbons (Fsp3) is 0.389.